The van der Waals surface area contributed by atoms with Crippen molar-refractivity contribution in [1.29, 1.82) is 0 Å². The van der Waals surface area contributed by atoms with Gasteiger partial charge in [0.15, 0.2) is 9.84 Å². The van der Waals surface area contributed by atoms with Gasteiger partial charge < -0.3 is 5.32 Å². The van der Waals surface area contributed by atoms with Crippen molar-refractivity contribution in [1.82, 2.24) is 15.1 Å². The topological polar surface area (TPSA) is 64.0 Å². The summed E-state index contributed by atoms with van der Waals surface area (Å²) in [6.45, 7) is 1.55. The lowest BCUT2D eigenvalue weighted by Crippen LogP contribution is -2.41. The van der Waals surface area contributed by atoms with E-state index in [1.807, 2.05) is 16.9 Å². The molecule has 0 radical (unpaired) electrons. The lowest BCUT2D eigenvalue weighted by molar-refractivity contribution is 0.456. The SMILES string of the molecule is O=S1(=O)CCCC(NCCn2cccn2)C1. The van der Waals surface area contributed by atoms with Crippen molar-refractivity contribution < 1.29 is 8.42 Å². The fourth-order valence-electron chi connectivity index (χ4n) is 2.00. The number of sulfone groups is 1. The third-order valence-electron chi connectivity index (χ3n) is 2.80. The molecule has 2 rings (SSSR count). The van der Waals surface area contributed by atoms with Crippen molar-refractivity contribution in [2.75, 3.05) is 18.1 Å². The normalized spacial score (nSPS) is 24.4. The van der Waals surface area contributed by atoms with Crippen molar-refractivity contribution in [2.24, 2.45) is 0 Å². The molecule has 0 saturated carbocycles. The molecule has 0 aliphatic carbocycles. The van der Waals surface area contributed by atoms with Crippen molar-refractivity contribution in [2.45, 2.75) is 25.4 Å². The third-order valence-corrected chi connectivity index (χ3v) is 4.62. The zero-order valence-corrected chi connectivity index (χ0v) is 9.99. The lowest BCUT2D eigenvalue weighted by atomic mass is 10.2. The van der Waals surface area contributed by atoms with E-state index >= 15 is 0 Å². The Morgan fingerprint density at radius 2 is 2.38 bits per heavy atom. The van der Waals surface area contributed by atoms with Crippen LogP contribution in [0.3, 0.4) is 0 Å². The first-order valence-electron chi connectivity index (χ1n) is 5.57. The van der Waals surface area contributed by atoms with Crippen LogP contribution in [0, 0.1) is 0 Å². The van der Waals surface area contributed by atoms with E-state index in [1.54, 1.807) is 6.20 Å². The maximum absolute atomic E-state index is 11.4. The van der Waals surface area contributed by atoms with Gasteiger partial charge in [0.25, 0.3) is 0 Å². The Morgan fingerprint density at radius 1 is 1.50 bits per heavy atom. The molecule has 16 heavy (non-hydrogen) atoms. The number of nitrogens with one attached hydrogen (secondary N) is 1. The molecular formula is C10H17N3O2S. The molecule has 1 saturated heterocycles. The molecule has 1 atom stereocenters. The van der Waals surface area contributed by atoms with Gasteiger partial charge in [-0.05, 0) is 18.9 Å². The molecule has 5 nitrogen and oxygen atoms in total. The van der Waals surface area contributed by atoms with Crippen LogP contribution in [0.15, 0.2) is 18.5 Å². The van der Waals surface area contributed by atoms with Gasteiger partial charge in [-0.1, -0.05) is 0 Å². The largest absolute Gasteiger partial charge is 0.311 e. The van der Waals surface area contributed by atoms with Gasteiger partial charge >= 0.3 is 0 Å². The maximum Gasteiger partial charge on any atom is 0.151 e. The summed E-state index contributed by atoms with van der Waals surface area (Å²) in [6.07, 6.45) is 5.38. The van der Waals surface area contributed by atoms with Crippen LogP contribution in [0.2, 0.25) is 0 Å². The molecule has 0 aromatic carbocycles. The second-order valence-corrected chi connectivity index (χ2v) is 6.41. The summed E-state index contributed by atoms with van der Waals surface area (Å²) in [5, 5.41) is 7.36. The van der Waals surface area contributed by atoms with Gasteiger partial charge in [0.05, 0.1) is 18.1 Å². The Balaban J connectivity index is 1.74. The summed E-state index contributed by atoms with van der Waals surface area (Å²) < 4.78 is 24.6. The molecule has 0 bridgehead atoms. The van der Waals surface area contributed by atoms with Gasteiger partial charge in [-0.3, -0.25) is 4.68 Å². The number of aromatic nitrogens is 2. The van der Waals surface area contributed by atoms with Crippen molar-refractivity contribution >= 4 is 9.84 Å². The second-order valence-electron chi connectivity index (χ2n) is 4.18. The average molecular weight is 243 g/mol. The smallest absolute Gasteiger partial charge is 0.151 e. The minimum atomic E-state index is -2.80. The molecule has 6 heteroatoms. The third kappa shape index (κ3) is 3.31. The number of hydrogen-bond donors (Lipinski definition) is 1. The molecule has 1 unspecified atom stereocenters. The molecule has 1 fully saturated rings. The van der Waals surface area contributed by atoms with Gasteiger partial charge in [-0.25, -0.2) is 8.42 Å². The zero-order valence-electron chi connectivity index (χ0n) is 9.17. The summed E-state index contributed by atoms with van der Waals surface area (Å²) in [5.41, 5.74) is 0. The zero-order chi connectivity index (χ0) is 11.4. The average Bonchev–Trinajstić information content (AvgIpc) is 2.69. The molecule has 2 heterocycles. The van der Waals surface area contributed by atoms with Crippen LogP contribution in [0.5, 0.6) is 0 Å². The summed E-state index contributed by atoms with van der Waals surface area (Å²) in [4.78, 5) is 0. The first kappa shape index (κ1) is 11.6. The number of rotatable bonds is 4. The molecule has 1 aliphatic heterocycles. The van der Waals surface area contributed by atoms with Crippen LogP contribution in [0.1, 0.15) is 12.8 Å². The first-order valence-corrected chi connectivity index (χ1v) is 7.39. The molecule has 90 valence electrons. The van der Waals surface area contributed by atoms with Gasteiger partial charge in [0, 0.05) is 25.0 Å². The first-order chi connectivity index (χ1) is 7.66. The van der Waals surface area contributed by atoms with Crippen LogP contribution < -0.4 is 5.32 Å². The van der Waals surface area contributed by atoms with E-state index in [9.17, 15) is 8.42 Å². The molecule has 1 aromatic heterocycles. The van der Waals surface area contributed by atoms with E-state index in [4.69, 9.17) is 0 Å². The fraction of sp³-hybridized carbons (Fsp3) is 0.700. The number of nitrogens with zero attached hydrogens (tertiary/aromatic N) is 2. The van der Waals surface area contributed by atoms with Crippen molar-refractivity contribution in [3.63, 3.8) is 0 Å². The molecule has 1 aliphatic rings. The molecular weight excluding hydrogens is 226 g/mol. The van der Waals surface area contributed by atoms with E-state index in [0.717, 1.165) is 25.9 Å². The Morgan fingerprint density at radius 3 is 3.06 bits per heavy atom. The highest BCUT2D eigenvalue weighted by molar-refractivity contribution is 7.91. The summed E-state index contributed by atoms with van der Waals surface area (Å²) in [7, 11) is -2.80. The Labute approximate surface area is 95.8 Å². The van der Waals surface area contributed by atoms with E-state index in [2.05, 4.69) is 10.4 Å². The summed E-state index contributed by atoms with van der Waals surface area (Å²) in [5.74, 6) is 0.635. The minimum absolute atomic E-state index is 0.120. The van der Waals surface area contributed by atoms with Crippen LogP contribution >= 0.6 is 0 Å². The quantitative estimate of drug-likeness (QED) is 0.811. The van der Waals surface area contributed by atoms with E-state index in [-0.39, 0.29) is 11.8 Å². The second kappa shape index (κ2) is 4.97. The van der Waals surface area contributed by atoms with Crippen LogP contribution in [0.25, 0.3) is 0 Å². The summed E-state index contributed by atoms with van der Waals surface area (Å²) >= 11 is 0. The number of hydrogen-bond acceptors (Lipinski definition) is 4. The van der Waals surface area contributed by atoms with Crippen molar-refractivity contribution in [3.05, 3.63) is 18.5 Å². The lowest BCUT2D eigenvalue weighted by Gasteiger charge is -2.22. The Hall–Kier alpha value is -0.880. The predicted octanol–water partition coefficient (Wildman–Crippen LogP) is 0.0499. The molecule has 1 aromatic rings. The maximum atomic E-state index is 11.4. The summed E-state index contributed by atoms with van der Waals surface area (Å²) in [6, 6.07) is 2.00. The van der Waals surface area contributed by atoms with E-state index in [1.165, 1.54) is 0 Å². The van der Waals surface area contributed by atoms with Crippen LogP contribution in [0.4, 0.5) is 0 Å². The van der Waals surface area contributed by atoms with Gasteiger partial charge in [0.2, 0.25) is 0 Å². The minimum Gasteiger partial charge on any atom is -0.311 e. The molecule has 0 spiro atoms. The fourth-order valence-corrected chi connectivity index (χ4v) is 3.67. The van der Waals surface area contributed by atoms with Gasteiger partial charge in [-0.2, -0.15) is 5.10 Å². The standard InChI is InChI=1S/C10H17N3O2S/c14-16(15)8-1-3-10(9-16)11-5-7-13-6-2-4-12-13/h2,4,6,10-11H,1,3,5,7-9H2. The van der Waals surface area contributed by atoms with Gasteiger partial charge in [0.1, 0.15) is 0 Å². The highest BCUT2D eigenvalue weighted by Gasteiger charge is 2.23. The Bertz CT molecular complexity index is 413. The van der Waals surface area contributed by atoms with Crippen LogP contribution in [-0.2, 0) is 16.4 Å². The monoisotopic (exact) mass is 243 g/mol. The van der Waals surface area contributed by atoms with Crippen molar-refractivity contribution in [3.8, 4) is 0 Å². The van der Waals surface area contributed by atoms with Gasteiger partial charge in [-0.15, -0.1) is 0 Å². The highest BCUT2D eigenvalue weighted by Crippen LogP contribution is 2.11. The van der Waals surface area contributed by atoms with E-state index in [0.29, 0.717) is 5.75 Å². The Kier molecular flexibility index (Phi) is 3.60. The molecule has 0 amide bonds. The highest BCUT2D eigenvalue weighted by atomic mass is 32.2. The van der Waals surface area contributed by atoms with Crippen LogP contribution in [-0.4, -0.2) is 42.3 Å². The predicted molar refractivity (Wildman–Crippen MR) is 61.9 cm³/mol. The van der Waals surface area contributed by atoms with E-state index < -0.39 is 9.84 Å². The molecule has 1 N–H and O–H groups in total.